The van der Waals surface area contributed by atoms with Crippen LogP contribution in [0.1, 0.15) is 25.3 Å². The molecular weight excluding hydrogens is 329 g/mol. The van der Waals surface area contributed by atoms with Gasteiger partial charge in [-0.3, -0.25) is 4.79 Å². The molecule has 2 N–H and O–H groups in total. The molecule has 0 aliphatic heterocycles. The highest BCUT2D eigenvalue weighted by Crippen LogP contribution is 2.08. The van der Waals surface area contributed by atoms with Gasteiger partial charge in [0.15, 0.2) is 0 Å². The standard InChI is InChI=1S/C13H18INO2/c1-2-4-12(16)9-15-13(17)8-10-5-3-6-11(14)7-10/h3,5-7,12,16H,2,4,8-9H2,1H3,(H,15,17). The van der Waals surface area contributed by atoms with Gasteiger partial charge < -0.3 is 10.4 Å². The predicted octanol–water partition coefficient (Wildman–Crippen LogP) is 2.11. The summed E-state index contributed by atoms with van der Waals surface area (Å²) in [6.07, 6.45) is 1.59. The van der Waals surface area contributed by atoms with Gasteiger partial charge in [-0.05, 0) is 46.7 Å². The van der Waals surface area contributed by atoms with Crippen molar-refractivity contribution in [2.75, 3.05) is 6.54 Å². The molecule has 1 aromatic carbocycles. The lowest BCUT2D eigenvalue weighted by atomic mass is 10.1. The molecule has 0 fully saturated rings. The van der Waals surface area contributed by atoms with Crippen LogP contribution < -0.4 is 5.32 Å². The molecule has 0 heterocycles. The van der Waals surface area contributed by atoms with Gasteiger partial charge in [-0.2, -0.15) is 0 Å². The summed E-state index contributed by atoms with van der Waals surface area (Å²) in [5.74, 6) is -0.0397. The summed E-state index contributed by atoms with van der Waals surface area (Å²) in [5, 5.41) is 12.2. The van der Waals surface area contributed by atoms with Gasteiger partial charge in [-0.25, -0.2) is 0 Å². The fourth-order valence-corrected chi connectivity index (χ4v) is 2.17. The van der Waals surface area contributed by atoms with E-state index in [1.54, 1.807) is 0 Å². The van der Waals surface area contributed by atoms with Crippen LogP contribution in [0.3, 0.4) is 0 Å². The van der Waals surface area contributed by atoms with E-state index < -0.39 is 6.10 Å². The Morgan fingerprint density at radius 2 is 2.29 bits per heavy atom. The van der Waals surface area contributed by atoms with Gasteiger partial charge in [-0.15, -0.1) is 0 Å². The normalized spacial score (nSPS) is 12.2. The number of rotatable bonds is 6. The molecule has 17 heavy (non-hydrogen) atoms. The number of halogens is 1. The molecule has 0 aromatic heterocycles. The van der Waals surface area contributed by atoms with E-state index in [4.69, 9.17) is 0 Å². The van der Waals surface area contributed by atoms with Crippen LogP contribution in [-0.2, 0) is 11.2 Å². The van der Waals surface area contributed by atoms with Gasteiger partial charge in [-0.1, -0.05) is 25.5 Å². The summed E-state index contributed by atoms with van der Waals surface area (Å²) in [6, 6.07) is 7.86. The zero-order valence-corrected chi connectivity index (χ0v) is 12.1. The Balaban J connectivity index is 2.34. The molecule has 0 saturated heterocycles. The minimum Gasteiger partial charge on any atom is -0.391 e. The number of hydrogen-bond acceptors (Lipinski definition) is 2. The largest absolute Gasteiger partial charge is 0.391 e. The first kappa shape index (κ1) is 14.4. The quantitative estimate of drug-likeness (QED) is 0.775. The fourth-order valence-electron chi connectivity index (χ4n) is 1.56. The van der Waals surface area contributed by atoms with Crippen molar-refractivity contribution in [1.29, 1.82) is 0 Å². The Hall–Kier alpha value is -0.620. The summed E-state index contributed by atoms with van der Waals surface area (Å²) in [5.41, 5.74) is 0.999. The van der Waals surface area contributed by atoms with E-state index >= 15 is 0 Å². The topological polar surface area (TPSA) is 49.3 Å². The van der Waals surface area contributed by atoms with E-state index in [0.717, 1.165) is 22.0 Å². The van der Waals surface area contributed by atoms with Crippen molar-refractivity contribution >= 4 is 28.5 Å². The number of aliphatic hydroxyl groups excluding tert-OH is 1. The Labute approximate surface area is 116 Å². The molecule has 1 unspecified atom stereocenters. The van der Waals surface area contributed by atoms with Crippen LogP contribution >= 0.6 is 22.6 Å². The zero-order valence-electron chi connectivity index (χ0n) is 9.95. The highest BCUT2D eigenvalue weighted by Gasteiger charge is 2.07. The van der Waals surface area contributed by atoms with Crippen molar-refractivity contribution in [2.45, 2.75) is 32.3 Å². The van der Waals surface area contributed by atoms with Gasteiger partial charge in [0.1, 0.15) is 0 Å². The molecule has 1 amide bonds. The van der Waals surface area contributed by atoms with Gasteiger partial charge >= 0.3 is 0 Å². The number of carbonyl (C=O) groups excluding carboxylic acids is 1. The van der Waals surface area contributed by atoms with E-state index in [9.17, 15) is 9.90 Å². The Kier molecular flexibility index (Phi) is 6.50. The smallest absolute Gasteiger partial charge is 0.224 e. The maximum atomic E-state index is 11.6. The molecule has 0 radical (unpaired) electrons. The van der Waals surface area contributed by atoms with E-state index in [0.29, 0.717) is 13.0 Å². The van der Waals surface area contributed by atoms with Crippen molar-refractivity contribution in [3.05, 3.63) is 33.4 Å². The second-order valence-electron chi connectivity index (χ2n) is 4.05. The molecular formula is C13H18INO2. The monoisotopic (exact) mass is 347 g/mol. The summed E-state index contributed by atoms with van der Waals surface area (Å²) < 4.78 is 1.12. The Bertz CT molecular complexity index is 368. The highest BCUT2D eigenvalue weighted by atomic mass is 127. The zero-order chi connectivity index (χ0) is 12.7. The minimum absolute atomic E-state index is 0.0397. The number of aliphatic hydroxyl groups is 1. The number of carbonyl (C=O) groups is 1. The summed E-state index contributed by atoms with van der Waals surface area (Å²) in [7, 11) is 0. The van der Waals surface area contributed by atoms with Crippen molar-refractivity contribution in [1.82, 2.24) is 5.32 Å². The van der Waals surface area contributed by atoms with E-state index in [1.165, 1.54) is 0 Å². The summed E-state index contributed by atoms with van der Waals surface area (Å²) in [6.45, 7) is 2.35. The highest BCUT2D eigenvalue weighted by molar-refractivity contribution is 14.1. The number of nitrogens with one attached hydrogen (secondary N) is 1. The van der Waals surface area contributed by atoms with Gasteiger partial charge in [0.2, 0.25) is 5.91 Å². The molecule has 0 saturated carbocycles. The average molecular weight is 347 g/mol. The van der Waals surface area contributed by atoms with Crippen LogP contribution in [0.2, 0.25) is 0 Å². The third-order valence-corrected chi connectivity index (χ3v) is 3.08. The molecule has 1 atom stereocenters. The third-order valence-electron chi connectivity index (χ3n) is 2.41. The van der Waals surface area contributed by atoms with Crippen molar-refractivity contribution in [3.8, 4) is 0 Å². The van der Waals surface area contributed by atoms with Crippen LogP contribution in [0, 0.1) is 3.57 Å². The number of amides is 1. The molecule has 1 aromatic rings. The van der Waals surface area contributed by atoms with Crippen LogP contribution in [-0.4, -0.2) is 23.7 Å². The molecule has 1 rings (SSSR count). The molecule has 0 bridgehead atoms. The number of benzene rings is 1. The SMILES string of the molecule is CCCC(O)CNC(=O)Cc1cccc(I)c1. The second kappa shape index (κ2) is 7.66. The van der Waals surface area contributed by atoms with Crippen LogP contribution in [0.15, 0.2) is 24.3 Å². The van der Waals surface area contributed by atoms with Gasteiger partial charge in [0.05, 0.1) is 12.5 Å². The number of hydrogen-bond donors (Lipinski definition) is 2. The van der Waals surface area contributed by atoms with E-state index in [1.807, 2.05) is 31.2 Å². The molecule has 94 valence electrons. The van der Waals surface area contributed by atoms with Crippen molar-refractivity contribution in [3.63, 3.8) is 0 Å². The molecule has 0 aliphatic rings. The van der Waals surface area contributed by atoms with Gasteiger partial charge in [0.25, 0.3) is 0 Å². The predicted molar refractivity (Wildman–Crippen MR) is 76.8 cm³/mol. The maximum absolute atomic E-state index is 11.6. The lowest BCUT2D eigenvalue weighted by Gasteiger charge is -2.10. The summed E-state index contributed by atoms with van der Waals surface area (Å²) in [4.78, 5) is 11.6. The molecule has 3 nitrogen and oxygen atoms in total. The second-order valence-corrected chi connectivity index (χ2v) is 5.30. The van der Waals surface area contributed by atoms with Crippen LogP contribution in [0.25, 0.3) is 0 Å². The van der Waals surface area contributed by atoms with E-state index in [2.05, 4.69) is 27.9 Å². The first-order valence-corrected chi connectivity index (χ1v) is 6.89. The van der Waals surface area contributed by atoms with Crippen molar-refractivity contribution < 1.29 is 9.90 Å². The van der Waals surface area contributed by atoms with Crippen molar-refractivity contribution in [2.24, 2.45) is 0 Å². The van der Waals surface area contributed by atoms with Crippen LogP contribution in [0.4, 0.5) is 0 Å². The Morgan fingerprint density at radius 1 is 1.53 bits per heavy atom. The lowest BCUT2D eigenvalue weighted by molar-refractivity contribution is -0.120. The third kappa shape index (κ3) is 6.02. The van der Waals surface area contributed by atoms with E-state index in [-0.39, 0.29) is 5.91 Å². The maximum Gasteiger partial charge on any atom is 0.224 e. The fraction of sp³-hybridized carbons (Fsp3) is 0.462. The van der Waals surface area contributed by atoms with Gasteiger partial charge in [0, 0.05) is 10.1 Å². The lowest BCUT2D eigenvalue weighted by Crippen LogP contribution is -2.33. The molecule has 0 aliphatic carbocycles. The first-order chi connectivity index (χ1) is 8.11. The van der Waals surface area contributed by atoms with Crippen LogP contribution in [0.5, 0.6) is 0 Å². The summed E-state index contributed by atoms with van der Waals surface area (Å²) >= 11 is 2.22. The first-order valence-electron chi connectivity index (χ1n) is 5.81. The average Bonchev–Trinajstić information content (AvgIpc) is 2.27. The molecule has 4 heteroatoms. The Morgan fingerprint density at radius 3 is 2.94 bits per heavy atom. The molecule has 0 spiro atoms. The minimum atomic E-state index is -0.431.